The lowest BCUT2D eigenvalue weighted by Crippen LogP contribution is -2.58. The van der Waals surface area contributed by atoms with Gasteiger partial charge < -0.3 is 46.2 Å². The number of ether oxygens (including phenoxy) is 1. The lowest BCUT2D eigenvalue weighted by atomic mass is 9.84. The fourth-order valence-electron chi connectivity index (χ4n) is 10.9. The molecule has 4 heterocycles. The summed E-state index contributed by atoms with van der Waals surface area (Å²) < 4.78 is 46.3. The van der Waals surface area contributed by atoms with Crippen molar-refractivity contribution < 1.29 is 47.0 Å². The van der Waals surface area contributed by atoms with E-state index in [4.69, 9.17) is 4.74 Å². The molecule has 18 nitrogen and oxygen atoms in total. The molecular formula is C51H72F3N11O7. The van der Waals surface area contributed by atoms with Gasteiger partial charge in [-0.2, -0.15) is 13.2 Å². The molecule has 72 heavy (non-hydrogen) atoms. The van der Waals surface area contributed by atoms with Gasteiger partial charge in [0.25, 0.3) is 0 Å². The number of benzene rings is 1. The summed E-state index contributed by atoms with van der Waals surface area (Å²) in [4.78, 5) is 84.4. The molecule has 4 fully saturated rings. The third-order valence-electron chi connectivity index (χ3n) is 15.2. The molecule has 0 bridgehead atoms. The van der Waals surface area contributed by atoms with E-state index in [-0.39, 0.29) is 116 Å². The largest absolute Gasteiger partial charge is 0.416 e. The number of pyridine rings is 1. The molecule has 7 rings (SSSR count). The van der Waals surface area contributed by atoms with Crippen molar-refractivity contribution in [3.8, 4) is 0 Å². The molecule has 2 saturated carbocycles. The van der Waals surface area contributed by atoms with Crippen LogP contribution in [0.15, 0.2) is 49.1 Å². The van der Waals surface area contributed by atoms with Crippen molar-refractivity contribution in [2.45, 2.75) is 152 Å². The van der Waals surface area contributed by atoms with Crippen molar-refractivity contribution in [3.05, 3.63) is 60.2 Å². The molecule has 2 aliphatic heterocycles. The maximum absolute atomic E-state index is 14.0. The van der Waals surface area contributed by atoms with Crippen LogP contribution < -0.4 is 26.6 Å². The van der Waals surface area contributed by atoms with Gasteiger partial charge in [-0.3, -0.25) is 33.9 Å². The Morgan fingerprint density at radius 1 is 0.917 bits per heavy atom. The Bertz CT molecular complexity index is 2320. The van der Waals surface area contributed by atoms with Crippen molar-refractivity contribution in [1.82, 2.24) is 50.9 Å². The van der Waals surface area contributed by atoms with Gasteiger partial charge in [0.1, 0.15) is 24.4 Å². The van der Waals surface area contributed by atoms with E-state index in [9.17, 15) is 42.3 Å². The molecule has 0 spiro atoms. The summed E-state index contributed by atoms with van der Waals surface area (Å²) >= 11 is 0. The van der Waals surface area contributed by atoms with Gasteiger partial charge in [0.2, 0.25) is 29.5 Å². The van der Waals surface area contributed by atoms with E-state index in [1.54, 1.807) is 29.2 Å². The smallest absolute Gasteiger partial charge is 0.379 e. The molecule has 4 aliphatic rings. The number of likely N-dealkylation sites (tertiary alicyclic amines) is 2. The number of halogens is 3. The van der Waals surface area contributed by atoms with Crippen LogP contribution in [0.4, 0.5) is 19.0 Å². The minimum absolute atomic E-state index is 0.0210. The van der Waals surface area contributed by atoms with E-state index in [1.165, 1.54) is 12.4 Å². The fourth-order valence-corrected chi connectivity index (χ4v) is 10.9. The number of fused-ring (bicyclic) bond motifs is 1. The molecule has 2 saturated heterocycles. The van der Waals surface area contributed by atoms with Crippen molar-refractivity contribution in [3.63, 3.8) is 0 Å². The third kappa shape index (κ3) is 14.2. The van der Waals surface area contributed by atoms with E-state index in [0.29, 0.717) is 56.6 Å². The molecule has 1 unspecified atom stereocenters. The predicted molar refractivity (Wildman–Crippen MR) is 263 cm³/mol. The molecule has 394 valence electrons. The van der Waals surface area contributed by atoms with E-state index in [2.05, 4.69) is 67.3 Å². The number of amides is 5. The van der Waals surface area contributed by atoms with Gasteiger partial charge in [-0.05, 0) is 121 Å². The highest BCUT2D eigenvalue weighted by Gasteiger charge is 2.45. The van der Waals surface area contributed by atoms with Crippen molar-refractivity contribution in [2.75, 3.05) is 52.3 Å². The predicted octanol–water partition coefficient (Wildman–Crippen LogP) is 4.30. The van der Waals surface area contributed by atoms with E-state index in [0.717, 1.165) is 49.8 Å². The average Bonchev–Trinajstić information content (AvgIpc) is 3.87. The number of hydrogen-bond acceptors (Lipinski definition) is 13. The zero-order valence-electron chi connectivity index (χ0n) is 41.8. The first-order chi connectivity index (χ1) is 34.5. The lowest BCUT2D eigenvalue weighted by Gasteiger charge is -2.44. The average molecular weight is 1010 g/mol. The maximum atomic E-state index is 14.0. The molecule has 3 aromatic rings. The zero-order chi connectivity index (χ0) is 51.5. The second-order valence-electron chi connectivity index (χ2n) is 20.3. The monoisotopic (exact) mass is 1010 g/mol. The molecular weight excluding hydrogens is 936 g/mol. The summed E-state index contributed by atoms with van der Waals surface area (Å²) in [5, 5.41) is 25.9. The minimum Gasteiger partial charge on any atom is -0.379 e. The highest BCUT2D eigenvalue weighted by molar-refractivity contribution is 5.93. The van der Waals surface area contributed by atoms with Crippen LogP contribution in [0.5, 0.6) is 0 Å². The van der Waals surface area contributed by atoms with Crippen LogP contribution in [0.1, 0.15) is 114 Å². The Morgan fingerprint density at radius 2 is 1.68 bits per heavy atom. The molecule has 21 heteroatoms. The fraction of sp³-hybridized carbons (Fsp3) is 0.647. The molecule has 0 radical (unpaired) electrons. The number of anilines is 1. The van der Waals surface area contributed by atoms with Gasteiger partial charge >= 0.3 is 6.18 Å². The summed E-state index contributed by atoms with van der Waals surface area (Å²) in [5.74, 6) is -0.769. The topological polar surface area (TPSA) is 223 Å². The number of nitrogens with zero attached hydrogens (tertiary/aromatic N) is 6. The highest BCUT2D eigenvalue weighted by Crippen LogP contribution is 2.39. The number of carbonyl (C=O) groups excluding carboxylic acids is 5. The van der Waals surface area contributed by atoms with Crippen molar-refractivity contribution in [2.24, 2.45) is 11.8 Å². The van der Waals surface area contributed by atoms with E-state index < -0.39 is 29.9 Å². The summed E-state index contributed by atoms with van der Waals surface area (Å²) in [6, 6.07) is 5.82. The third-order valence-corrected chi connectivity index (χ3v) is 15.2. The number of carbonyl (C=O) groups is 5. The first kappa shape index (κ1) is 54.3. The minimum atomic E-state index is -4.55. The summed E-state index contributed by atoms with van der Waals surface area (Å²) in [5.41, 5.74) is 0.355. The Hall–Kier alpha value is -5.51. The van der Waals surface area contributed by atoms with Crippen LogP contribution in [-0.4, -0.2) is 154 Å². The van der Waals surface area contributed by atoms with Gasteiger partial charge in [0.15, 0.2) is 0 Å². The van der Waals surface area contributed by atoms with E-state index >= 15 is 0 Å². The van der Waals surface area contributed by atoms with Crippen molar-refractivity contribution in [1.29, 1.82) is 0 Å². The number of rotatable bonds is 21. The first-order valence-electron chi connectivity index (χ1n) is 25.6. The Kier molecular flexibility index (Phi) is 18.8. The molecule has 2 aromatic heterocycles. The molecule has 1 aromatic carbocycles. The van der Waals surface area contributed by atoms with Crippen LogP contribution in [0.2, 0.25) is 0 Å². The summed E-state index contributed by atoms with van der Waals surface area (Å²) in [6.07, 6.45) is 6.37. The molecule has 5 amide bonds. The maximum Gasteiger partial charge on any atom is 0.416 e. The van der Waals surface area contributed by atoms with Crippen LogP contribution in [-0.2, 0) is 34.9 Å². The second kappa shape index (κ2) is 24.9. The van der Waals surface area contributed by atoms with Crippen LogP contribution >= 0.6 is 0 Å². The standard InChI is InChI=1S/C51H72F3N11O7/c1-31(2)63(3)36-15-17-42(65-22-18-40(50(65)71)62-48-37-25-34(51(52,53)54)12-16-39(37)58-30-59-48)41(26-36)61-45(68)9-5-8-44(67)60-35-13-10-32(11-14-35)28-57-43(66)19-23-72-24-21-56-49(70)38-27-46(69)64(4)47(38)33-7-6-20-55-29-33/h6-7,12,16,20,25,29-32,35-36,38,40-42,46-47,69H,5,8-11,13-15,17-19,21-24,26-28H2,1-4H3,(H,56,70)(H,57,66)(H,60,67)(H,61,68)(H,58,59,62)/t32?,35?,36-,38+,40+,41-,42+,46?,47-/m1/s1. The number of hydrogen-bond donors (Lipinski definition) is 6. The van der Waals surface area contributed by atoms with Gasteiger partial charge in [0, 0.05) is 81.2 Å². The Morgan fingerprint density at radius 3 is 2.40 bits per heavy atom. The van der Waals surface area contributed by atoms with Gasteiger partial charge in [-0.1, -0.05) is 6.07 Å². The second-order valence-corrected chi connectivity index (χ2v) is 20.3. The summed E-state index contributed by atoms with van der Waals surface area (Å²) in [6.45, 7) is 5.93. The number of aliphatic hydroxyl groups excluding tert-OH is 1. The first-order valence-corrected chi connectivity index (χ1v) is 25.6. The van der Waals surface area contributed by atoms with Gasteiger partial charge in [-0.15, -0.1) is 0 Å². The molecule has 6 N–H and O–H groups in total. The number of aromatic nitrogens is 3. The zero-order valence-corrected chi connectivity index (χ0v) is 41.8. The number of aliphatic hydroxyl groups is 1. The Labute approximate surface area is 419 Å². The van der Waals surface area contributed by atoms with E-state index in [1.807, 2.05) is 12.1 Å². The normalized spacial score (nSPS) is 26.0. The van der Waals surface area contributed by atoms with Crippen LogP contribution in [0.3, 0.4) is 0 Å². The van der Waals surface area contributed by atoms with Crippen LogP contribution in [0.25, 0.3) is 10.9 Å². The van der Waals surface area contributed by atoms with Gasteiger partial charge in [0.05, 0.1) is 48.3 Å². The van der Waals surface area contributed by atoms with Crippen LogP contribution in [0, 0.1) is 11.8 Å². The molecule has 2 aliphatic carbocycles. The molecule has 7 atom stereocenters. The summed E-state index contributed by atoms with van der Waals surface area (Å²) in [7, 11) is 3.85. The Balaban J connectivity index is 0.779. The lowest BCUT2D eigenvalue weighted by molar-refractivity contribution is -0.137. The quantitative estimate of drug-likeness (QED) is 0.0821. The van der Waals surface area contributed by atoms with Crippen molar-refractivity contribution >= 4 is 46.3 Å². The SMILES string of the molecule is CC(C)N(C)[C@@H]1CC[C@H](N2CC[C@H](Nc3ncnc4ccc(C(F)(F)F)cc34)C2=O)[C@H](NC(=O)CCCC(=O)NC2CCC(CNC(=O)CCOCCNC(=O)[C@H]3CC(O)N(C)[C@@H]3c3cccnc3)CC2)C1. The number of nitrogens with one attached hydrogen (secondary N) is 5. The van der Waals surface area contributed by atoms with Gasteiger partial charge in [-0.25, -0.2) is 9.97 Å². The number of alkyl halides is 3. The highest BCUT2D eigenvalue weighted by atomic mass is 19.4.